The third-order valence-corrected chi connectivity index (χ3v) is 11.3. The first-order chi connectivity index (χ1) is 22.9. The van der Waals surface area contributed by atoms with Gasteiger partial charge in [0.25, 0.3) is 15.7 Å². The minimum absolute atomic E-state index is 0.00946. The van der Waals surface area contributed by atoms with Crippen LogP contribution < -0.4 is 15.4 Å². The fraction of sp³-hybridized carbons (Fsp3) is 0.382. The van der Waals surface area contributed by atoms with Gasteiger partial charge in [-0.15, -0.1) is 0 Å². The molecule has 2 fully saturated rings. The second-order valence-corrected chi connectivity index (χ2v) is 14.7. The molecule has 262 valence electrons. The zero-order chi connectivity index (χ0) is 36.1. The lowest BCUT2D eigenvalue weighted by molar-refractivity contribution is -0.149. The monoisotopic (exact) mass is 705 g/mol. The van der Waals surface area contributed by atoms with Gasteiger partial charge in [0.2, 0.25) is 5.91 Å². The van der Waals surface area contributed by atoms with E-state index in [0.29, 0.717) is 30.4 Å². The lowest BCUT2D eigenvalue weighted by Crippen LogP contribution is -2.48. The van der Waals surface area contributed by atoms with Crippen molar-refractivity contribution in [2.45, 2.75) is 48.2 Å². The van der Waals surface area contributed by atoms with Crippen molar-refractivity contribution in [3.8, 4) is 16.9 Å². The summed E-state index contributed by atoms with van der Waals surface area (Å²) in [6.45, 7) is 1.51. The summed E-state index contributed by atoms with van der Waals surface area (Å²) in [5.41, 5.74) is -6.45. The van der Waals surface area contributed by atoms with Gasteiger partial charge in [-0.3, -0.25) is 14.5 Å². The van der Waals surface area contributed by atoms with Gasteiger partial charge in [0.1, 0.15) is 17.1 Å². The zero-order valence-electron chi connectivity index (χ0n) is 27.0. The van der Waals surface area contributed by atoms with Crippen molar-refractivity contribution in [3.63, 3.8) is 0 Å². The number of aliphatic carboxylic acids is 1. The lowest BCUT2D eigenvalue weighted by Gasteiger charge is -2.33. The molecule has 0 heterocycles. The third kappa shape index (κ3) is 6.48. The van der Waals surface area contributed by atoms with Crippen LogP contribution in [0.2, 0.25) is 0 Å². The Morgan fingerprint density at radius 1 is 0.980 bits per heavy atom. The van der Waals surface area contributed by atoms with Crippen LogP contribution in [0.15, 0.2) is 65.6 Å². The maximum atomic E-state index is 15.5. The SMILES string of the molecule is COc1cc(F)c(-c2cccc([C@](C)(C(=O)O)N(C)C)c2)cc1C(=O)N[C@@H]1[C@H]2CC[C@H](C2)[C@@H]1C(=O)Nc1cccc(S(=O)(=O)C(F)(F)F)c1. The van der Waals surface area contributed by atoms with E-state index < -0.39 is 61.3 Å². The number of halogens is 4. The summed E-state index contributed by atoms with van der Waals surface area (Å²) in [5, 5.41) is 15.4. The first-order valence-electron chi connectivity index (χ1n) is 15.3. The van der Waals surface area contributed by atoms with Crippen LogP contribution in [0, 0.1) is 23.6 Å². The van der Waals surface area contributed by atoms with Gasteiger partial charge in [0.05, 0.1) is 23.5 Å². The zero-order valence-corrected chi connectivity index (χ0v) is 27.8. The smallest absolute Gasteiger partial charge is 0.496 e. The number of hydrogen-bond acceptors (Lipinski definition) is 7. The number of carboxylic acid groups (broad SMARTS) is 1. The highest BCUT2D eigenvalue weighted by molar-refractivity contribution is 7.92. The van der Waals surface area contributed by atoms with Gasteiger partial charge in [-0.05, 0) is 93.6 Å². The maximum absolute atomic E-state index is 15.5. The Kier molecular flexibility index (Phi) is 9.56. The van der Waals surface area contributed by atoms with Gasteiger partial charge in [0.15, 0.2) is 0 Å². The van der Waals surface area contributed by atoms with E-state index in [2.05, 4.69) is 10.6 Å². The quantitative estimate of drug-likeness (QED) is 0.237. The Labute approximate surface area is 280 Å². The summed E-state index contributed by atoms with van der Waals surface area (Å²) >= 11 is 0. The number of alkyl halides is 3. The molecule has 2 aliphatic carbocycles. The van der Waals surface area contributed by atoms with Crippen molar-refractivity contribution in [2.24, 2.45) is 17.8 Å². The molecule has 0 aromatic heterocycles. The second kappa shape index (κ2) is 13.1. The Morgan fingerprint density at radius 3 is 2.29 bits per heavy atom. The summed E-state index contributed by atoms with van der Waals surface area (Å²) < 4.78 is 84.0. The molecule has 0 radical (unpaired) electrons. The van der Waals surface area contributed by atoms with Crippen molar-refractivity contribution in [3.05, 3.63) is 77.6 Å². The molecule has 0 saturated heterocycles. The molecule has 3 aromatic rings. The first-order valence-corrected chi connectivity index (χ1v) is 16.8. The number of carbonyl (C=O) groups excluding carboxylic acids is 2. The van der Waals surface area contributed by atoms with E-state index in [9.17, 15) is 41.1 Å². The maximum Gasteiger partial charge on any atom is 0.501 e. The van der Waals surface area contributed by atoms with Crippen LogP contribution in [-0.2, 0) is 25.0 Å². The van der Waals surface area contributed by atoms with Crippen LogP contribution in [0.1, 0.15) is 42.1 Å². The topological polar surface area (TPSA) is 142 Å². The standard InChI is InChI=1S/C34H35F4N3O7S/c1-33(32(44)45,41(2)3)21-8-5-7-18(14-21)24-16-25(27(48-4)17-26(24)35)30(42)40-29-20-12-11-19(13-20)28(29)31(43)39-22-9-6-10-23(15-22)49(46,47)34(36,37)38/h5-10,14-17,19-20,28-29H,11-13H2,1-4H3,(H,39,43)(H,40,42)(H,44,45)/t19-,20+,28+,29-,33-/m1/s1. The minimum Gasteiger partial charge on any atom is -0.496 e. The van der Waals surface area contributed by atoms with Crippen LogP contribution in [0.3, 0.4) is 0 Å². The van der Waals surface area contributed by atoms with E-state index in [-0.39, 0.29) is 34.4 Å². The summed E-state index contributed by atoms with van der Waals surface area (Å²) in [5.74, 6) is -4.20. The van der Waals surface area contributed by atoms with Crippen molar-refractivity contribution < 1.29 is 50.2 Å². The number of benzene rings is 3. The van der Waals surface area contributed by atoms with Crippen molar-refractivity contribution in [2.75, 3.05) is 26.5 Å². The highest BCUT2D eigenvalue weighted by Gasteiger charge is 2.52. The lowest BCUT2D eigenvalue weighted by atomic mass is 9.83. The molecule has 2 bridgehead atoms. The average molecular weight is 706 g/mol. The molecule has 2 amide bonds. The number of carbonyl (C=O) groups is 3. The van der Waals surface area contributed by atoms with E-state index in [1.165, 1.54) is 37.1 Å². The number of carboxylic acids is 1. The average Bonchev–Trinajstić information content (AvgIpc) is 3.65. The summed E-state index contributed by atoms with van der Waals surface area (Å²) in [6.07, 6.45) is 2.00. The molecular weight excluding hydrogens is 670 g/mol. The van der Waals surface area contributed by atoms with E-state index >= 15 is 4.39 Å². The first kappa shape index (κ1) is 35.8. The molecule has 15 heteroatoms. The molecule has 0 unspecified atom stereocenters. The van der Waals surface area contributed by atoms with Gasteiger partial charge < -0.3 is 20.5 Å². The second-order valence-electron chi connectivity index (χ2n) is 12.7. The molecule has 3 aromatic carbocycles. The van der Waals surface area contributed by atoms with E-state index in [4.69, 9.17) is 4.74 Å². The molecule has 2 aliphatic rings. The highest BCUT2D eigenvalue weighted by Crippen LogP contribution is 2.49. The van der Waals surface area contributed by atoms with Crippen LogP contribution in [-0.4, -0.2) is 69.0 Å². The molecule has 10 nitrogen and oxygen atoms in total. The van der Waals surface area contributed by atoms with Crippen molar-refractivity contribution in [1.82, 2.24) is 10.2 Å². The summed E-state index contributed by atoms with van der Waals surface area (Å²) in [4.78, 5) is 40.1. The fourth-order valence-electron chi connectivity index (χ4n) is 6.89. The van der Waals surface area contributed by atoms with Crippen molar-refractivity contribution >= 4 is 33.3 Å². The Balaban J connectivity index is 1.43. The van der Waals surface area contributed by atoms with Gasteiger partial charge in [0, 0.05) is 23.4 Å². The molecule has 0 aliphatic heterocycles. The summed E-state index contributed by atoms with van der Waals surface area (Å²) in [7, 11) is -1.17. The van der Waals surface area contributed by atoms with Gasteiger partial charge >= 0.3 is 11.5 Å². The van der Waals surface area contributed by atoms with Crippen LogP contribution in [0.4, 0.5) is 23.2 Å². The third-order valence-electron chi connectivity index (χ3n) is 9.81. The normalized spacial score (nSPS) is 21.7. The largest absolute Gasteiger partial charge is 0.501 e. The van der Waals surface area contributed by atoms with E-state index in [0.717, 1.165) is 24.3 Å². The number of methoxy groups -OCH3 is 1. The number of rotatable bonds is 10. The number of sulfone groups is 1. The van der Waals surface area contributed by atoms with Crippen LogP contribution in [0.5, 0.6) is 5.75 Å². The Hall–Kier alpha value is -4.50. The number of likely N-dealkylation sites (N-methyl/N-ethyl adjacent to an activating group) is 1. The number of hydrogen-bond donors (Lipinski definition) is 3. The fourth-order valence-corrected chi connectivity index (χ4v) is 7.70. The van der Waals surface area contributed by atoms with Crippen LogP contribution >= 0.6 is 0 Å². The number of amides is 2. The number of nitrogens with zero attached hydrogens (tertiary/aromatic N) is 1. The van der Waals surface area contributed by atoms with Crippen LogP contribution in [0.25, 0.3) is 11.1 Å². The molecule has 5 atom stereocenters. The van der Waals surface area contributed by atoms with E-state index in [1.807, 2.05) is 0 Å². The number of ether oxygens (including phenoxy) is 1. The Bertz CT molecular complexity index is 1920. The molecule has 3 N–H and O–H groups in total. The van der Waals surface area contributed by atoms with Gasteiger partial charge in [-0.25, -0.2) is 17.6 Å². The minimum atomic E-state index is -5.65. The van der Waals surface area contributed by atoms with Gasteiger partial charge in [-0.2, -0.15) is 13.2 Å². The van der Waals surface area contributed by atoms with Crippen molar-refractivity contribution in [1.29, 1.82) is 0 Å². The molecule has 2 saturated carbocycles. The molecular formula is C34H35F4N3O7S. The Morgan fingerprint density at radius 2 is 1.65 bits per heavy atom. The van der Waals surface area contributed by atoms with Gasteiger partial charge in [-0.1, -0.05) is 24.3 Å². The van der Waals surface area contributed by atoms with E-state index in [1.54, 1.807) is 32.3 Å². The number of nitrogens with one attached hydrogen (secondary N) is 2. The number of fused-ring (bicyclic) bond motifs is 2. The molecule has 5 rings (SSSR count). The number of anilines is 1. The molecule has 49 heavy (non-hydrogen) atoms. The summed E-state index contributed by atoms with van der Waals surface area (Å²) in [6, 6.07) is 11.8. The highest BCUT2D eigenvalue weighted by atomic mass is 32.2. The predicted octanol–water partition coefficient (Wildman–Crippen LogP) is 5.44. The molecule has 0 spiro atoms. The predicted molar refractivity (Wildman–Crippen MR) is 171 cm³/mol.